The molecule has 0 aliphatic rings. The van der Waals surface area contributed by atoms with Crippen LogP contribution < -0.4 is 5.32 Å². The fraction of sp³-hybridized carbons (Fsp3) is 0.214. The second kappa shape index (κ2) is 5.46. The molecule has 20 heavy (non-hydrogen) atoms. The van der Waals surface area contributed by atoms with Gasteiger partial charge in [0.25, 0.3) is 0 Å². The maximum absolute atomic E-state index is 5.95. The highest BCUT2D eigenvalue weighted by Crippen LogP contribution is 2.20. The molecule has 2 aromatic heterocycles. The molecule has 102 valence electrons. The Morgan fingerprint density at radius 2 is 2.00 bits per heavy atom. The van der Waals surface area contributed by atoms with E-state index in [9.17, 15) is 0 Å². The fourth-order valence-corrected chi connectivity index (χ4v) is 2.24. The number of nitrogens with one attached hydrogen (secondary N) is 1. The second-order valence-electron chi connectivity index (χ2n) is 4.53. The van der Waals surface area contributed by atoms with E-state index in [0.29, 0.717) is 5.82 Å². The van der Waals surface area contributed by atoms with Crippen molar-refractivity contribution in [2.45, 2.75) is 6.42 Å². The summed E-state index contributed by atoms with van der Waals surface area (Å²) in [5.41, 5.74) is 2.74. The molecular weight excluding hydrogens is 274 g/mol. The van der Waals surface area contributed by atoms with E-state index >= 15 is 0 Å². The van der Waals surface area contributed by atoms with Crippen LogP contribution in [0.3, 0.4) is 0 Å². The highest BCUT2D eigenvalue weighted by atomic mass is 35.5. The minimum Gasteiger partial charge on any atom is -0.368 e. The first-order chi connectivity index (χ1) is 9.74. The van der Waals surface area contributed by atoms with Gasteiger partial charge < -0.3 is 9.88 Å². The normalized spacial score (nSPS) is 10.9. The summed E-state index contributed by atoms with van der Waals surface area (Å²) in [5, 5.41) is 3.50. The van der Waals surface area contributed by atoms with E-state index in [1.54, 1.807) is 6.33 Å². The molecule has 0 amide bonds. The lowest BCUT2D eigenvalue weighted by Gasteiger charge is -2.06. The summed E-state index contributed by atoms with van der Waals surface area (Å²) in [4.78, 5) is 12.7. The number of fused-ring (bicyclic) bond motifs is 1. The third-order valence-corrected chi connectivity index (χ3v) is 3.25. The minimum atomic E-state index is 0.225. The highest BCUT2D eigenvalue weighted by Gasteiger charge is 2.10. The van der Waals surface area contributed by atoms with Crippen molar-refractivity contribution in [2.75, 3.05) is 11.9 Å². The molecule has 5 nitrogen and oxygen atoms in total. The van der Waals surface area contributed by atoms with Crippen LogP contribution in [0.4, 0.5) is 5.82 Å². The zero-order chi connectivity index (χ0) is 13.9. The molecule has 0 aliphatic carbocycles. The van der Waals surface area contributed by atoms with Crippen molar-refractivity contribution in [1.82, 2.24) is 19.5 Å². The van der Waals surface area contributed by atoms with Crippen molar-refractivity contribution in [2.24, 2.45) is 7.05 Å². The van der Waals surface area contributed by atoms with Crippen molar-refractivity contribution < 1.29 is 0 Å². The minimum absolute atomic E-state index is 0.225. The van der Waals surface area contributed by atoms with Crippen LogP contribution in [0.25, 0.3) is 11.2 Å². The molecule has 0 fully saturated rings. The van der Waals surface area contributed by atoms with Gasteiger partial charge in [0.2, 0.25) is 5.28 Å². The van der Waals surface area contributed by atoms with Crippen LogP contribution in [0.15, 0.2) is 36.7 Å². The van der Waals surface area contributed by atoms with Crippen molar-refractivity contribution in [3.8, 4) is 0 Å². The number of imidazole rings is 1. The summed E-state index contributed by atoms with van der Waals surface area (Å²) < 4.78 is 1.82. The lowest BCUT2D eigenvalue weighted by molar-refractivity contribution is 0.927. The summed E-state index contributed by atoms with van der Waals surface area (Å²) >= 11 is 5.95. The molecule has 1 aromatic carbocycles. The van der Waals surface area contributed by atoms with Gasteiger partial charge in [-0.1, -0.05) is 30.3 Å². The summed E-state index contributed by atoms with van der Waals surface area (Å²) in [6.07, 6.45) is 2.62. The molecule has 0 aliphatic heterocycles. The van der Waals surface area contributed by atoms with Crippen LogP contribution in [0.2, 0.25) is 5.28 Å². The van der Waals surface area contributed by atoms with E-state index in [4.69, 9.17) is 11.6 Å². The lowest BCUT2D eigenvalue weighted by Crippen LogP contribution is -2.07. The third-order valence-electron chi connectivity index (χ3n) is 3.08. The van der Waals surface area contributed by atoms with E-state index in [1.807, 2.05) is 29.8 Å². The zero-order valence-corrected chi connectivity index (χ0v) is 11.8. The molecule has 3 rings (SSSR count). The molecule has 0 bridgehead atoms. The number of rotatable bonds is 4. The molecule has 0 spiro atoms. The molecule has 0 saturated heterocycles. The van der Waals surface area contributed by atoms with Gasteiger partial charge in [0.15, 0.2) is 17.0 Å². The topological polar surface area (TPSA) is 55.6 Å². The van der Waals surface area contributed by atoms with Gasteiger partial charge in [-0.3, -0.25) is 0 Å². The molecule has 2 heterocycles. The van der Waals surface area contributed by atoms with Gasteiger partial charge in [0.05, 0.1) is 6.33 Å². The number of hydrogen-bond acceptors (Lipinski definition) is 4. The van der Waals surface area contributed by atoms with E-state index in [0.717, 1.165) is 24.1 Å². The van der Waals surface area contributed by atoms with Crippen LogP contribution in [-0.4, -0.2) is 26.1 Å². The molecular formula is C14H14ClN5. The predicted octanol–water partition coefficient (Wildman–Crippen LogP) is 2.67. The number of nitrogens with zero attached hydrogens (tertiary/aromatic N) is 4. The van der Waals surface area contributed by atoms with Gasteiger partial charge in [0, 0.05) is 13.6 Å². The molecule has 6 heteroatoms. The Labute approximate surface area is 121 Å². The molecule has 3 aromatic rings. The maximum atomic E-state index is 5.95. The Kier molecular flexibility index (Phi) is 3.52. The number of halogens is 1. The number of hydrogen-bond donors (Lipinski definition) is 1. The van der Waals surface area contributed by atoms with Crippen molar-refractivity contribution in [3.05, 3.63) is 47.5 Å². The standard InChI is InChI=1S/C14H14ClN5/c1-20-9-17-11-12(18-14(15)19-13(11)20)16-8-7-10-5-3-2-4-6-10/h2-6,9H,7-8H2,1H3,(H,16,18,19). The van der Waals surface area contributed by atoms with Gasteiger partial charge in [0.1, 0.15) is 0 Å². The van der Waals surface area contributed by atoms with Crippen LogP contribution in [0.1, 0.15) is 5.56 Å². The third kappa shape index (κ3) is 2.58. The summed E-state index contributed by atoms with van der Waals surface area (Å²) in [7, 11) is 1.88. The molecule has 0 saturated carbocycles. The van der Waals surface area contributed by atoms with Crippen molar-refractivity contribution in [3.63, 3.8) is 0 Å². The van der Waals surface area contributed by atoms with E-state index in [1.165, 1.54) is 5.56 Å². The van der Waals surface area contributed by atoms with Gasteiger partial charge >= 0.3 is 0 Å². The summed E-state index contributed by atoms with van der Waals surface area (Å²) in [6.45, 7) is 0.767. The van der Waals surface area contributed by atoms with Crippen LogP contribution in [0, 0.1) is 0 Å². The van der Waals surface area contributed by atoms with Gasteiger partial charge in [-0.25, -0.2) is 4.98 Å². The van der Waals surface area contributed by atoms with Gasteiger partial charge in [-0.05, 0) is 23.6 Å². The highest BCUT2D eigenvalue weighted by molar-refractivity contribution is 6.28. The first-order valence-corrected chi connectivity index (χ1v) is 6.74. The summed E-state index contributed by atoms with van der Waals surface area (Å²) in [6, 6.07) is 10.3. The Morgan fingerprint density at radius 1 is 1.20 bits per heavy atom. The molecule has 0 radical (unpaired) electrons. The summed E-state index contributed by atoms with van der Waals surface area (Å²) in [5.74, 6) is 0.677. The average molecular weight is 288 g/mol. The SMILES string of the molecule is Cn1cnc2c(NCCc3ccccc3)nc(Cl)nc21. The Balaban J connectivity index is 1.77. The van der Waals surface area contributed by atoms with Gasteiger partial charge in [-0.15, -0.1) is 0 Å². The predicted molar refractivity (Wildman–Crippen MR) is 79.9 cm³/mol. The quantitative estimate of drug-likeness (QED) is 0.750. The number of aromatic nitrogens is 4. The largest absolute Gasteiger partial charge is 0.368 e. The van der Waals surface area contributed by atoms with Crippen LogP contribution in [0.5, 0.6) is 0 Å². The van der Waals surface area contributed by atoms with E-state index in [2.05, 4.69) is 32.4 Å². The second-order valence-corrected chi connectivity index (χ2v) is 4.87. The Morgan fingerprint density at radius 3 is 2.80 bits per heavy atom. The molecule has 0 atom stereocenters. The first-order valence-electron chi connectivity index (χ1n) is 6.36. The zero-order valence-electron chi connectivity index (χ0n) is 11.0. The van der Waals surface area contributed by atoms with Crippen molar-refractivity contribution in [1.29, 1.82) is 0 Å². The van der Waals surface area contributed by atoms with Crippen molar-refractivity contribution >= 4 is 28.6 Å². The number of benzene rings is 1. The van der Waals surface area contributed by atoms with E-state index in [-0.39, 0.29) is 5.28 Å². The Bertz CT molecular complexity index is 723. The average Bonchev–Trinajstić information content (AvgIpc) is 2.82. The molecule has 1 N–H and O–H groups in total. The first kappa shape index (κ1) is 12.9. The van der Waals surface area contributed by atoms with E-state index < -0.39 is 0 Å². The van der Waals surface area contributed by atoms with Crippen LogP contribution >= 0.6 is 11.6 Å². The monoisotopic (exact) mass is 287 g/mol. The maximum Gasteiger partial charge on any atom is 0.226 e. The fourth-order valence-electron chi connectivity index (χ4n) is 2.07. The number of anilines is 1. The number of aryl methyl sites for hydroxylation is 1. The lowest BCUT2D eigenvalue weighted by atomic mass is 10.1. The Hall–Kier alpha value is -2.14. The van der Waals surface area contributed by atoms with Gasteiger partial charge in [-0.2, -0.15) is 9.97 Å². The molecule has 0 unspecified atom stereocenters. The van der Waals surface area contributed by atoms with Crippen LogP contribution in [-0.2, 0) is 13.5 Å². The smallest absolute Gasteiger partial charge is 0.226 e.